The molecule has 0 saturated heterocycles. The van der Waals surface area contributed by atoms with E-state index in [1.807, 2.05) is 0 Å². The van der Waals surface area contributed by atoms with Crippen LogP contribution in [0.25, 0.3) is 0 Å². The van der Waals surface area contributed by atoms with Crippen molar-refractivity contribution >= 4 is 17.8 Å². The number of benzene rings is 1. The minimum absolute atomic E-state index is 0.277. The number of aliphatic carboxylic acids is 1. The molecule has 108 valence electrons. The van der Waals surface area contributed by atoms with E-state index in [9.17, 15) is 14.4 Å². The van der Waals surface area contributed by atoms with Crippen LogP contribution in [0.3, 0.4) is 0 Å². The molecule has 5 N–H and O–H groups in total. The summed E-state index contributed by atoms with van der Waals surface area (Å²) < 4.78 is 0. The van der Waals surface area contributed by atoms with Crippen LogP contribution in [-0.4, -0.2) is 42.0 Å². The minimum Gasteiger partial charge on any atom is -0.480 e. The Kier molecular flexibility index (Phi) is 5.67. The van der Waals surface area contributed by atoms with Crippen molar-refractivity contribution in [1.82, 2.24) is 10.6 Å². The van der Waals surface area contributed by atoms with Crippen LogP contribution < -0.4 is 16.4 Å². The van der Waals surface area contributed by atoms with Crippen LogP contribution >= 0.6 is 0 Å². The highest BCUT2D eigenvalue weighted by Gasteiger charge is 2.15. The number of hydrogen-bond acceptors (Lipinski definition) is 4. The van der Waals surface area contributed by atoms with Gasteiger partial charge in [-0.1, -0.05) is 0 Å². The summed E-state index contributed by atoms with van der Waals surface area (Å²) >= 11 is 0. The molecule has 0 bridgehead atoms. The average Bonchev–Trinajstić information content (AvgIpc) is 2.44. The summed E-state index contributed by atoms with van der Waals surface area (Å²) in [4.78, 5) is 34.0. The average molecular weight is 279 g/mol. The molecule has 0 spiro atoms. The highest BCUT2D eigenvalue weighted by molar-refractivity contribution is 5.98. The molecule has 7 nitrogen and oxygen atoms in total. The Morgan fingerprint density at radius 2 is 1.65 bits per heavy atom. The van der Waals surface area contributed by atoms with Gasteiger partial charge in [-0.2, -0.15) is 0 Å². The fraction of sp³-hybridized carbons (Fsp3) is 0.308. The van der Waals surface area contributed by atoms with Crippen LogP contribution in [0, 0.1) is 0 Å². The van der Waals surface area contributed by atoms with Gasteiger partial charge < -0.3 is 21.5 Å². The Morgan fingerprint density at radius 3 is 2.10 bits per heavy atom. The quantitative estimate of drug-likeness (QED) is 0.563. The Balaban J connectivity index is 2.68. The number of carbonyl (C=O) groups is 3. The van der Waals surface area contributed by atoms with Crippen molar-refractivity contribution in [3.05, 3.63) is 35.4 Å². The summed E-state index contributed by atoms with van der Waals surface area (Å²) in [7, 11) is 0. The van der Waals surface area contributed by atoms with Gasteiger partial charge in [0.2, 0.25) is 0 Å². The molecule has 0 aliphatic carbocycles. The summed E-state index contributed by atoms with van der Waals surface area (Å²) in [6, 6.07) is 4.93. The lowest BCUT2D eigenvalue weighted by Crippen LogP contribution is -2.38. The van der Waals surface area contributed by atoms with Crippen molar-refractivity contribution in [3.8, 4) is 0 Å². The standard InChI is InChI=1S/C13H17N3O4/c1-8(13(19)20)16-12(18)10-4-2-9(3-5-10)11(17)15-7-6-14/h2-5,8H,6-7,14H2,1H3,(H,15,17)(H,16,18)(H,19,20). The molecule has 0 saturated carbocycles. The zero-order valence-electron chi connectivity index (χ0n) is 11.1. The minimum atomic E-state index is -1.11. The second-order valence-corrected chi connectivity index (χ2v) is 4.16. The van der Waals surface area contributed by atoms with Gasteiger partial charge in [-0.15, -0.1) is 0 Å². The third kappa shape index (κ3) is 4.36. The van der Waals surface area contributed by atoms with Crippen molar-refractivity contribution in [1.29, 1.82) is 0 Å². The Hall–Kier alpha value is -2.41. The predicted octanol–water partition coefficient (Wildman–Crippen LogP) is -0.422. The molecule has 20 heavy (non-hydrogen) atoms. The highest BCUT2D eigenvalue weighted by Crippen LogP contribution is 2.05. The van der Waals surface area contributed by atoms with Crippen molar-refractivity contribution in [3.63, 3.8) is 0 Å². The number of rotatable bonds is 6. The largest absolute Gasteiger partial charge is 0.480 e. The van der Waals surface area contributed by atoms with Gasteiger partial charge in [-0.3, -0.25) is 14.4 Å². The molecular weight excluding hydrogens is 262 g/mol. The van der Waals surface area contributed by atoms with E-state index in [0.717, 1.165) is 0 Å². The molecule has 0 aliphatic heterocycles. The van der Waals surface area contributed by atoms with Crippen LogP contribution in [0.5, 0.6) is 0 Å². The smallest absolute Gasteiger partial charge is 0.325 e. The first kappa shape index (κ1) is 15.6. The molecule has 1 rings (SSSR count). The van der Waals surface area contributed by atoms with E-state index in [4.69, 9.17) is 10.8 Å². The number of carbonyl (C=O) groups excluding carboxylic acids is 2. The molecule has 1 atom stereocenters. The van der Waals surface area contributed by atoms with Crippen molar-refractivity contribution < 1.29 is 19.5 Å². The zero-order chi connectivity index (χ0) is 15.1. The van der Waals surface area contributed by atoms with Gasteiger partial charge in [-0.05, 0) is 31.2 Å². The predicted molar refractivity (Wildman–Crippen MR) is 72.4 cm³/mol. The van der Waals surface area contributed by atoms with Crippen molar-refractivity contribution in [2.24, 2.45) is 5.73 Å². The summed E-state index contributed by atoms with van der Waals surface area (Å²) in [5, 5.41) is 13.6. The first-order chi connectivity index (χ1) is 9.45. The van der Waals surface area contributed by atoms with E-state index in [0.29, 0.717) is 18.7 Å². The zero-order valence-corrected chi connectivity index (χ0v) is 11.1. The van der Waals surface area contributed by atoms with Crippen molar-refractivity contribution in [2.75, 3.05) is 13.1 Å². The van der Waals surface area contributed by atoms with Gasteiger partial charge in [-0.25, -0.2) is 0 Å². The summed E-state index contributed by atoms with van der Waals surface area (Å²) in [6.07, 6.45) is 0. The number of carboxylic acids is 1. The number of nitrogens with one attached hydrogen (secondary N) is 2. The lowest BCUT2D eigenvalue weighted by atomic mass is 10.1. The van der Waals surface area contributed by atoms with Crippen LogP contribution in [-0.2, 0) is 4.79 Å². The molecule has 0 aromatic heterocycles. The van der Waals surface area contributed by atoms with Crippen LogP contribution in [0.4, 0.5) is 0 Å². The monoisotopic (exact) mass is 279 g/mol. The molecule has 2 amide bonds. The van der Waals surface area contributed by atoms with Crippen LogP contribution in [0.15, 0.2) is 24.3 Å². The third-order valence-corrected chi connectivity index (χ3v) is 2.56. The molecule has 1 aromatic rings. The molecule has 7 heteroatoms. The van der Waals surface area contributed by atoms with E-state index in [2.05, 4.69) is 10.6 Å². The molecular formula is C13H17N3O4. The lowest BCUT2D eigenvalue weighted by Gasteiger charge is -2.09. The van der Waals surface area contributed by atoms with E-state index in [1.165, 1.54) is 31.2 Å². The maximum Gasteiger partial charge on any atom is 0.325 e. The van der Waals surface area contributed by atoms with Gasteiger partial charge in [0.25, 0.3) is 11.8 Å². The number of amides is 2. The second kappa shape index (κ2) is 7.25. The first-order valence-electron chi connectivity index (χ1n) is 6.07. The van der Waals surface area contributed by atoms with E-state index < -0.39 is 17.9 Å². The fourth-order valence-corrected chi connectivity index (χ4v) is 1.40. The fourth-order valence-electron chi connectivity index (χ4n) is 1.40. The van der Waals surface area contributed by atoms with Gasteiger partial charge in [0, 0.05) is 24.2 Å². The third-order valence-electron chi connectivity index (χ3n) is 2.56. The number of nitrogens with two attached hydrogens (primary N) is 1. The van der Waals surface area contributed by atoms with Gasteiger partial charge in [0.15, 0.2) is 0 Å². The lowest BCUT2D eigenvalue weighted by molar-refractivity contribution is -0.138. The molecule has 1 aromatic carbocycles. The topological polar surface area (TPSA) is 122 Å². The number of hydrogen-bond donors (Lipinski definition) is 4. The number of carboxylic acid groups (broad SMARTS) is 1. The normalized spacial score (nSPS) is 11.5. The highest BCUT2D eigenvalue weighted by atomic mass is 16.4. The summed E-state index contributed by atoms with van der Waals surface area (Å²) in [5.74, 6) is -1.90. The van der Waals surface area contributed by atoms with E-state index in [-0.39, 0.29) is 11.5 Å². The van der Waals surface area contributed by atoms with Crippen molar-refractivity contribution in [2.45, 2.75) is 13.0 Å². The second-order valence-electron chi connectivity index (χ2n) is 4.16. The molecule has 0 aliphatic rings. The molecule has 0 radical (unpaired) electrons. The first-order valence-corrected chi connectivity index (χ1v) is 6.07. The van der Waals surface area contributed by atoms with E-state index >= 15 is 0 Å². The van der Waals surface area contributed by atoms with E-state index in [1.54, 1.807) is 0 Å². The Morgan fingerprint density at radius 1 is 1.15 bits per heavy atom. The molecule has 1 unspecified atom stereocenters. The van der Waals surface area contributed by atoms with Crippen LogP contribution in [0.2, 0.25) is 0 Å². The maximum absolute atomic E-state index is 11.7. The summed E-state index contributed by atoms with van der Waals surface area (Å²) in [5.41, 5.74) is 5.96. The van der Waals surface area contributed by atoms with Gasteiger partial charge in [0.1, 0.15) is 6.04 Å². The molecule has 0 fully saturated rings. The van der Waals surface area contributed by atoms with Gasteiger partial charge in [0.05, 0.1) is 0 Å². The van der Waals surface area contributed by atoms with Gasteiger partial charge >= 0.3 is 5.97 Å². The Labute approximate surface area is 116 Å². The maximum atomic E-state index is 11.7. The summed E-state index contributed by atoms with van der Waals surface area (Å²) in [6.45, 7) is 2.09. The molecule has 0 heterocycles. The van der Waals surface area contributed by atoms with Crippen LogP contribution in [0.1, 0.15) is 27.6 Å². The Bertz CT molecular complexity index is 499. The SMILES string of the molecule is CC(NC(=O)c1ccc(C(=O)NCCN)cc1)C(=O)O.